The lowest BCUT2D eigenvalue weighted by atomic mass is 10.0. The maximum absolute atomic E-state index is 11.6. The van der Waals surface area contributed by atoms with Crippen LogP contribution in [0, 0.1) is 12.8 Å². The van der Waals surface area contributed by atoms with Gasteiger partial charge in [-0.2, -0.15) is 0 Å². The highest BCUT2D eigenvalue weighted by Gasteiger charge is 2.26. The summed E-state index contributed by atoms with van der Waals surface area (Å²) in [5, 5.41) is 9.50. The lowest BCUT2D eigenvalue weighted by Crippen LogP contribution is -2.36. The fourth-order valence-electron chi connectivity index (χ4n) is 3.17. The van der Waals surface area contributed by atoms with E-state index in [0.717, 1.165) is 24.2 Å². The predicted molar refractivity (Wildman–Crippen MR) is 87.2 cm³/mol. The molecule has 21 heavy (non-hydrogen) atoms. The number of carboxylic acids is 1. The van der Waals surface area contributed by atoms with Crippen LogP contribution in [0.4, 0.5) is 5.69 Å². The summed E-state index contributed by atoms with van der Waals surface area (Å²) in [4.78, 5) is 13.9. The molecule has 0 aromatic heterocycles. The molecule has 1 fully saturated rings. The average molecular weight is 289 g/mol. The van der Waals surface area contributed by atoms with Crippen molar-refractivity contribution in [2.45, 2.75) is 58.9 Å². The van der Waals surface area contributed by atoms with Gasteiger partial charge in [0.05, 0.1) is 11.3 Å². The van der Waals surface area contributed by atoms with Crippen molar-refractivity contribution in [1.29, 1.82) is 0 Å². The first-order valence-corrected chi connectivity index (χ1v) is 8.09. The topological polar surface area (TPSA) is 40.5 Å². The molecule has 3 nitrogen and oxygen atoms in total. The summed E-state index contributed by atoms with van der Waals surface area (Å²) >= 11 is 0. The molecule has 1 aliphatic carbocycles. The van der Waals surface area contributed by atoms with Gasteiger partial charge in [-0.1, -0.05) is 32.8 Å². The SMILES string of the molecule is Cc1ccc(C(=O)O)c(N(CCC(C)C)C2CCCC2)c1. The predicted octanol–water partition coefficient (Wildman–Crippen LogP) is 4.49. The minimum absolute atomic E-state index is 0.441. The quantitative estimate of drug-likeness (QED) is 0.839. The van der Waals surface area contributed by atoms with Crippen LogP contribution in [0.1, 0.15) is 61.9 Å². The molecule has 1 N–H and O–H groups in total. The van der Waals surface area contributed by atoms with Crippen LogP contribution >= 0.6 is 0 Å². The molecule has 0 unspecified atom stereocenters. The van der Waals surface area contributed by atoms with Gasteiger partial charge in [0.15, 0.2) is 0 Å². The summed E-state index contributed by atoms with van der Waals surface area (Å²) in [6.45, 7) is 7.43. The van der Waals surface area contributed by atoms with E-state index in [0.29, 0.717) is 17.5 Å². The molecule has 1 aromatic carbocycles. The monoisotopic (exact) mass is 289 g/mol. The molecule has 0 saturated heterocycles. The van der Waals surface area contributed by atoms with E-state index in [1.807, 2.05) is 19.1 Å². The molecule has 3 heteroatoms. The number of hydrogen-bond acceptors (Lipinski definition) is 2. The molecule has 0 spiro atoms. The number of hydrogen-bond donors (Lipinski definition) is 1. The first-order chi connectivity index (χ1) is 9.99. The molecule has 1 aliphatic rings. The molecule has 0 atom stereocenters. The highest BCUT2D eigenvalue weighted by Crippen LogP contribution is 2.32. The Morgan fingerprint density at radius 2 is 2.00 bits per heavy atom. The Kier molecular flexibility index (Phi) is 5.27. The van der Waals surface area contributed by atoms with Gasteiger partial charge in [0, 0.05) is 12.6 Å². The van der Waals surface area contributed by atoms with Gasteiger partial charge in [-0.25, -0.2) is 4.79 Å². The van der Waals surface area contributed by atoms with Gasteiger partial charge in [-0.3, -0.25) is 0 Å². The van der Waals surface area contributed by atoms with E-state index in [1.54, 1.807) is 6.07 Å². The third-order valence-electron chi connectivity index (χ3n) is 4.41. The Morgan fingerprint density at radius 3 is 2.57 bits per heavy atom. The van der Waals surface area contributed by atoms with Crippen molar-refractivity contribution in [3.05, 3.63) is 29.3 Å². The Balaban J connectivity index is 2.34. The molecule has 1 saturated carbocycles. The largest absolute Gasteiger partial charge is 0.478 e. The zero-order valence-corrected chi connectivity index (χ0v) is 13.4. The zero-order chi connectivity index (χ0) is 15.4. The first kappa shape index (κ1) is 15.9. The number of anilines is 1. The van der Waals surface area contributed by atoms with Crippen molar-refractivity contribution in [2.75, 3.05) is 11.4 Å². The van der Waals surface area contributed by atoms with Crippen molar-refractivity contribution in [2.24, 2.45) is 5.92 Å². The van der Waals surface area contributed by atoms with Gasteiger partial charge in [0.1, 0.15) is 0 Å². The van der Waals surface area contributed by atoms with Crippen LogP contribution in [0.15, 0.2) is 18.2 Å². The molecule has 2 rings (SSSR count). The van der Waals surface area contributed by atoms with Crippen LogP contribution in [0.25, 0.3) is 0 Å². The maximum Gasteiger partial charge on any atom is 0.337 e. The number of benzene rings is 1. The van der Waals surface area contributed by atoms with E-state index in [1.165, 1.54) is 25.7 Å². The minimum Gasteiger partial charge on any atom is -0.478 e. The normalized spacial score (nSPS) is 15.6. The molecule has 0 radical (unpaired) electrons. The van der Waals surface area contributed by atoms with E-state index in [4.69, 9.17) is 0 Å². The van der Waals surface area contributed by atoms with Crippen LogP contribution in [0.2, 0.25) is 0 Å². The second-order valence-electron chi connectivity index (χ2n) is 6.64. The van der Waals surface area contributed by atoms with Crippen molar-refractivity contribution in [3.63, 3.8) is 0 Å². The molecule has 0 amide bonds. The van der Waals surface area contributed by atoms with Crippen LogP contribution < -0.4 is 4.90 Å². The third-order valence-corrected chi connectivity index (χ3v) is 4.41. The Bertz CT molecular complexity index is 490. The van der Waals surface area contributed by atoms with Crippen molar-refractivity contribution in [3.8, 4) is 0 Å². The van der Waals surface area contributed by atoms with Gasteiger partial charge in [0.25, 0.3) is 0 Å². The Morgan fingerprint density at radius 1 is 1.33 bits per heavy atom. The molecular formula is C18H27NO2. The number of rotatable bonds is 6. The van der Waals surface area contributed by atoms with Gasteiger partial charge in [-0.15, -0.1) is 0 Å². The lowest BCUT2D eigenvalue weighted by molar-refractivity contribution is 0.0697. The summed E-state index contributed by atoms with van der Waals surface area (Å²) in [7, 11) is 0. The molecular weight excluding hydrogens is 262 g/mol. The van der Waals surface area contributed by atoms with E-state index in [2.05, 4.69) is 18.7 Å². The summed E-state index contributed by atoms with van der Waals surface area (Å²) < 4.78 is 0. The molecule has 1 aromatic rings. The number of nitrogens with zero attached hydrogens (tertiary/aromatic N) is 1. The van der Waals surface area contributed by atoms with Crippen LogP contribution in [0.3, 0.4) is 0 Å². The smallest absolute Gasteiger partial charge is 0.337 e. The maximum atomic E-state index is 11.6. The highest BCUT2D eigenvalue weighted by molar-refractivity contribution is 5.94. The van der Waals surface area contributed by atoms with Crippen LogP contribution in [-0.4, -0.2) is 23.7 Å². The summed E-state index contributed by atoms with van der Waals surface area (Å²) in [5.74, 6) is -0.190. The Labute approximate surface area is 128 Å². The molecule has 0 aliphatic heterocycles. The number of aryl methyl sites for hydroxylation is 1. The van der Waals surface area contributed by atoms with Gasteiger partial charge in [-0.05, 0) is 49.8 Å². The third kappa shape index (κ3) is 3.99. The highest BCUT2D eigenvalue weighted by atomic mass is 16.4. The van der Waals surface area contributed by atoms with Gasteiger partial charge >= 0.3 is 5.97 Å². The van der Waals surface area contributed by atoms with Crippen molar-refractivity contribution >= 4 is 11.7 Å². The Hall–Kier alpha value is -1.51. The van der Waals surface area contributed by atoms with E-state index < -0.39 is 5.97 Å². The van der Waals surface area contributed by atoms with E-state index in [9.17, 15) is 9.90 Å². The standard InChI is InChI=1S/C18H27NO2/c1-13(2)10-11-19(15-6-4-5-7-15)17-12-14(3)8-9-16(17)18(20)21/h8-9,12-13,15H,4-7,10-11H2,1-3H3,(H,20,21). The number of aromatic carboxylic acids is 1. The minimum atomic E-state index is -0.822. The number of carboxylic acid groups (broad SMARTS) is 1. The van der Waals surface area contributed by atoms with Gasteiger partial charge in [0.2, 0.25) is 0 Å². The van der Waals surface area contributed by atoms with Gasteiger partial charge < -0.3 is 10.0 Å². The molecule has 116 valence electrons. The lowest BCUT2D eigenvalue weighted by Gasteiger charge is -2.33. The number of carbonyl (C=O) groups is 1. The second-order valence-corrected chi connectivity index (χ2v) is 6.64. The summed E-state index contributed by atoms with van der Waals surface area (Å²) in [5.41, 5.74) is 2.48. The first-order valence-electron chi connectivity index (χ1n) is 8.09. The van der Waals surface area contributed by atoms with Crippen molar-refractivity contribution < 1.29 is 9.90 Å². The zero-order valence-electron chi connectivity index (χ0n) is 13.4. The fraction of sp³-hybridized carbons (Fsp3) is 0.611. The fourth-order valence-corrected chi connectivity index (χ4v) is 3.17. The summed E-state index contributed by atoms with van der Waals surface area (Å²) in [6, 6.07) is 6.19. The van der Waals surface area contributed by atoms with Crippen LogP contribution in [-0.2, 0) is 0 Å². The second kappa shape index (κ2) is 6.97. The molecule has 0 heterocycles. The van der Waals surface area contributed by atoms with Crippen LogP contribution in [0.5, 0.6) is 0 Å². The van der Waals surface area contributed by atoms with E-state index in [-0.39, 0.29) is 0 Å². The summed E-state index contributed by atoms with van der Waals surface area (Å²) in [6.07, 6.45) is 5.99. The van der Waals surface area contributed by atoms with Crippen molar-refractivity contribution in [1.82, 2.24) is 0 Å². The van der Waals surface area contributed by atoms with E-state index >= 15 is 0 Å². The average Bonchev–Trinajstić information content (AvgIpc) is 2.92. The molecule has 0 bridgehead atoms.